The van der Waals surface area contributed by atoms with Crippen LogP contribution in [0.4, 0.5) is 13.2 Å². The molecule has 2 atom stereocenters. The van der Waals surface area contributed by atoms with Crippen LogP contribution in [-0.4, -0.2) is 24.2 Å². The van der Waals surface area contributed by atoms with Crippen molar-refractivity contribution in [2.24, 2.45) is 0 Å². The van der Waals surface area contributed by atoms with E-state index in [0.29, 0.717) is 5.56 Å². The van der Waals surface area contributed by atoms with Crippen molar-refractivity contribution in [1.29, 1.82) is 0 Å². The van der Waals surface area contributed by atoms with Crippen LogP contribution in [0.1, 0.15) is 28.9 Å². The van der Waals surface area contributed by atoms with Crippen molar-refractivity contribution in [2.75, 3.05) is 7.11 Å². The molecule has 0 aliphatic heterocycles. The molecule has 24 heavy (non-hydrogen) atoms. The van der Waals surface area contributed by atoms with Crippen LogP contribution in [0.15, 0.2) is 36.4 Å². The first kappa shape index (κ1) is 17.8. The molecule has 7 heteroatoms. The summed E-state index contributed by atoms with van der Waals surface area (Å²) in [5.41, 5.74) is -0.441. The number of benzene rings is 2. The summed E-state index contributed by atoms with van der Waals surface area (Å²) in [5, 5.41) is 12.5. The minimum Gasteiger partial charge on any atom is -0.494 e. The van der Waals surface area contributed by atoms with Crippen LogP contribution in [-0.2, 0) is 0 Å². The van der Waals surface area contributed by atoms with Gasteiger partial charge in [-0.15, -0.1) is 0 Å². The number of hydrogen-bond donors (Lipinski definition) is 2. The van der Waals surface area contributed by atoms with E-state index in [4.69, 9.17) is 4.74 Å². The predicted molar refractivity (Wildman–Crippen MR) is 81.2 cm³/mol. The molecule has 128 valence electrons. The number of amides is 1. The minimum absolute atomic E-state index is 0.270. The monoisotopic (exact) mass is 339 g/mol. The lowest BCUT2D eigenvalue weighted by molar-refractivity contribution is 0.0843. The summed E-state index contributed by atoms with van der Waals surface area (Å²) < 4.78 is 45.5. The Morgan fingerprint density at radius 3 is 2.33 bits per heavy atom. The maximum absolute atomic E-state index is 14.1. The fourth-order valence-corrected chi connectivity index (χ4v) is 2.21. The fraction of sp³-hybridized carbons (Fsp3) is 0.235. The highest BCUT2D eigenvalue weighted by atomic mass is 19.1. The van der Waals surface area contributed by atoms with Crippen LogP contribution in [0.25, 0.3) is 0 Å². The van der Waals surface area contributed by atoms with E-state index < -0.39 is 41.1 Å². The van der Waals surface area contributed by atoms with Gasteiger partial charge in [-0.25, -0.2) is 13.2 Å². The normalized spacial score (nSPS) is 13.2. The van der Waals surface area contributed by atoms with Gasteiger partial charge in [0.25, 0.3) is 5.91 Å². The minimum atomic E-state index is -1.17. The molecule has 0 saturated carbocycles. The summed E-state index contributed by atoms with van der Waals surface area (Å²) in [6, 6.07) is 6.15. The molecular formula is C17H16F3NO3. The number of carbonyl (C=O) groups excluding carboxylic acids is 1. The third kappa shape index (κ3) is 3.68. The molecule has 0 spiro atoms. The van der Waals surface area contributed by atoms with Crippen molar-refractivity contribution in [2.45, 2.75) is 19.1 Å². The molecule has 4 nitrogen and oxygen atoms in total. The summed E-state index contributed by atoms with van der Waals surface area (Å²) >= 11 is 0. The van der Waals surface area contributed by atoms with Gasteiger partial charge < -0.3 is 15.2 Å². The molecule has 0 radical (unpaired) electrons. The summed E-state index contributed by atoms with van der Waals surface area (Å²) in [7, 11) is 1.19. The van der Waals surface area contributed by atoms with Crippen LogP contribution < -0.4 is 10.1 Å². The Morgan fingerprint density at radius 2 is 1.75 bits per heavy atom. The number of rotatable bonds is 5. The Labute approximate surface area is 136 Å². The molecule has 0 heterocycles. The lowest BCUT2D eigenvalue weighted by Crippen LogP contribution is -2.38. The van der Waals surface area contributed by atoms with Crippen LogP contribution in [0.3, 0.4) is 0 Å². The topological polar surface area (TPSA) is 58.6 Å². The fourth-order valence-electron chi connectivity index (χ4n) is 2.21. The number of halogens is 3. The third-order valence-corrected chi connectivity index (χ3v) is 3.55. The first-order chi connectivity index (χ1) is 11.3. The van der Waals surface area contributed by atoms with Crippen LogP contribution in [0.5, 0.6) is 5.75 Å². The quantitative estimate of drug-likeness (QED) is 0.880. The summed E-state index contributed by atoms with van der Waals surface area (Å²) in [5.74, 6) is -3.94. The molecule has 0 saturated heterocycles. The van der Waals surface area contributed by atoms with Crippen molar-refractivity contribution in [3.05, 3.63) is 65.0 Å². The van der Waals surface area contributed by atoms with E-state index in [1.165, 1.54) is 26.2 Å². The zero-order chi connectivity index (χ0) is 17.9. The smallest absolute Gasteiger partial charge is 0.257 e. The number of carbonyl (C=O) groups is 1. The molecule has 0 fully saturated rings. The molecule has 0 aliphatic rings. The van der Waals surface area contributed by atoms with Crippen molar-refractivity contribution >= 4 is 5.91 Å². The Morgan fingerprint density at radius 1 is 1.12 bits per heavy atom. The van der Waals surface area contributed by atoms with Crippen molar-refractivity contribution in [3.63, 3.8) is 0 Å². The number of aliphatic hydroxyl groups is 1. The van der Waals surface area contributed by atoms with Crippen molar-refractivity contribution in [1.82, 2.24) is 5.32 Å². The van der Waals surface area contributed by atoms with Gasteiger partial charge in [0, 0.05) is 0 Å². The molecule has 2 N–H and O–H groups in total. The SMILES string of the molecule is COc1ccc(F)c(C(=O)NC(C)C(O)c2ccc(F)cc2)c1F. The zero-order valence-electron chi connectivity index (χ0n) is 13.0. The third-order valence-electron chi connectivity index (χ3n) is 3.55. The molecule has 2 aromatic rings. The molecule has 1 amide bonds. The van der Waals surface area contributed by atoms with Crippen molar-refractivity contribution < 1.29 is 27.8 Å². The molecule has 0 aromatic heterocycles. The molecule has 0 bridgehead atoms. The van der Waals surface area contributed by atoms with Crippen LogP contribution >= 0.6 is 0 Å². The number of ether oxygens (including phenoxy) is 1. The van der Waals surface area contributed by atoms with Gasteiger partial charge >= 0.3 is 0 Å². The Balaban J connectivity index is 2.18. The lowest BCUT2D eigenvalue weighted by Gasteiger charge is -2.21. The average Bonchev–Trinajstić information content (AvgIpc) is 2.55. The number of aliphatic hydroxyl groups excluding tert-OH is 1. The summed E-state index contributed by atoms with van der Waals surface area (Å²) in [6.07, 6.45) is -1.17. The molecule has 0 aliphatic carbocycles. The largest absolute Gasteiger partial charge is 0.494 e. The summed E-state index contributed by atoms with van der Waals surface area (Å²) in [4.78, 5) is 12.1. The molecular weight excluding hydrogens is 323 g/mol. The van der Waals surface area contributed by atoms with Gasteiger partial charge in [-0.3, -0.25) is 4.79 Å². The Bertz CT molecular complexity index is 735. The van der Waals surface area contributed by atoms with Gasteiger partial charge in [-0.2, -0.15) is 0 Å². The van der Waals surface area contributed by atoms with E-state index in [2.05, 4.69) is 5.32 Å². The second-order valence-electron chi connectivity index (χ2n) is 5.20. The van der Waals surface area contributed by atoms with Crippen molar-refractivity contribution in [3.8, 4) is 5.75 Å². The second-order valence-corrected chi connectivity index (χ2v) is 5.20. The zero-order valence-corrected chi connectivity index (χ0v) is 13.0. The van der Waals surface area contributed by atoms with Gasteiger partial charge in [-0.05, 0) is 36.8 Å². The highest BCUT2D eigenvalue weighted by Crippen LogP contribution is 2.24. The second kappa shape index (κ2) is 7.35. The number of hydrogen-bond acceptors (Lipinski definition) is 3. The predicted octanol–water partition coefficient (Wildman–Crippen LogP) is 2.96. The average molecular weight is 339 g/mol. The van der Waals surface area contributed by atoms with Gasteiger partial charge in [0.2, 0.25) is 0 Å². The Hall–Kier alpha value is -2.54. The van der Waals surface area contributed by atoms with E-state index in [0.717, 1.165) is 24.3 Å². The maximum atomic E-state index is 14.1. The van der Waals surface area contributed by atoms with Gasteiger partial charge in [0.1, 0.15) is 17.2 Å². The first-order valence-corrected chi connectivity index (χ1v) is 7.11. The van der Waals surface area contributed by atoms with Gasteiger partial charge in [0.15, 0.2) is 11.6 Å². The maximum Gasteiger partial charge on any atom is 0.257 e. The van der Waals surface area contributed by atoms with E-state index in [-0.39, 0.29) is 5.75 Å². The van der Waals surface area contributed by atoms with E-state index in [1.54, 1.807) is 0 Å². The lowest BCUT2D eigenvalue weighted by atomic mass is 10.0. The highest BCUT2D eigenvalue weighted by molar-refractivity contribution is 5.95. The standard InChI is InChI=1S/C17H16F3NO3/c1-9(16(22)10-3-5-11(18)6-4-10)21-17(23)14-12(19)7-8-13(24-2)15(14)20/h3-9,16,22H,1-2H3,(H,21,23). The number of nitrogens with one attached hydrogen (secondary N) is 1. The van der Waals surface area contributed by atoms with Crippen LogP contribution in [0.2, 0.25) is 0 Å². The van der Waals surface area contributed by atoms with E-state index in [9.17, 15) is 23.1 Å². The molecule has 2 rings (SSSR count). The summed E-state index contributed by atoms with van der Waals surface area (Å²) in [6.45, 7) is 1.46. The first-order valence-electron chi connectivity index (χ1n) is 7.11. The highest BCUT2D eigenvalue weighted by Gasteiger charge is 2.25. The van der Waals surface area contributed by atoms with Crippen LogP contribution in [0, 0.1) is 17.5 Å². The molecule has 2 aromatic carbocycles. The van der Waals surface area contributed by atoms with Gasteiger partial charge in [0.05, 0.1) is 19.3 Å². The van der Waals surface area contributed by atoms with E-state index in [1.807, 2.05) is 0 Å². The van der Waals surface area contributed by atoms with E-state index >= 15 is 0 Å². The molecule has 2 unspecified atom stereocenters. The van der Waals surface area contributed by atoms with Gasteiger partial charge in [-0.1, -0.05) is 12.1 Å². The number of methoxy groups -OCH3 is 1. The Kier molecular flexibility index (Phi) is 5.46.